The molecule has 0 radical (unpaired) electrons. The average molecular weight is 236 g/mol. The van der Waals surface area contributed by atoms with Gasteiger partial charge < -0.3 is 9.84 Å². The van der Waals surface area contributed by atoms with Gasteiger partial charge in [-0.25, -0.2) is 0 Å². The first kappa shape index (κ1) is 14.2. The molecule has 0 aliphatic heterocycles. The summed E-state index contributed by atoms with van der Waals surface area (Å²) in [6, 6.07) is 8.32. The van der Waals surface area contributed by atoms with Gasteiger partial charge in [-0.1, -0.05) is 37.6 Å². The quantitative estimate of drug-likeness (QED) is 0.700. The van der Waals surface area contributed by atoms with Crippen molar-refractivity contribution < 1.29 is 9.84 Å². The van der Waals surface area contributed by atoms with Gasteiger partial charge in [-0.05, 0) is 36.8 Å². The van der Waals surface area contributed by atoms with Gasteiger partial charge in [-0.2, -0.15) is 0 Å². The van der Waals surface area contributed by atoms with E-state index in [-0.39, 0.29) is 6.10 Å². The van der Waals surface area contributed by atoms with Crippen LogP contribution in [0.4, 0.5) is 0 Å². The summed E-state index contributed by atoms with van der Waals surface area (Å²) in [6.45, 7) is 2.93. The number of benzene rings is 1. The van der Waals surface area contributed by atoms with Gasteiger partial charge >= 0.3 is 0 Å². The van der Waals surface area contributed by atoms with Crippen molar-refractivity contribution >= 4 is 0 Å². The van der Waals surface area contributed by atoms with E-state index in [4.69, 9.17) is 4.74 Å². The minimum Gasteiger partial charge on any atom is -0.388 e. The minimum absolute atomic E-state index is 0.307. The molecule has 0 aliphatic rings. The Morgan fingerprint density at radius 2 is 2.12 bits per heavy atom. The van der Waals surface area contributed by atoms with Crippen LogP contribution in [0.25, 0.3) is 0 Å². The van der Waals surface area contributed by atoms with Crippen molar-refractivity contribution in [3.63, 3.8) is 0 Å². The highest BCUT2D eigenvalue weighted by molar-refractivity contribution is 5.25. The highest BCUT2D eigenvalue weighted by atomic mass is 16.5. The number of hydrogen-bond donors (Lipinski definition) is 1. The smallest absolute Gasteiger partial charge is 0.0790 e. The monoisotopic (exact) mass is 236 g/mol. The van der Waals surface area contributed by atoms with E-state index in [9.17, 15) is 5.11 Å². The zero-order chi connectivity index (χ0) is 12.5. The lowest BCUT2D eigenvalue weighted by atomic mass is 10.0. The lowest BCUT2D eigenvalue weighted by Crippen LogP contribution is -1.98. The molecule has 0 saturated carbocycles. The summed E-state index contributed by atoms with van der Waals surface area (Å²) < 4.78 is 5.03. The van der Waals surface area contributed by atoms with Crippen molar-refractivity contribution in [1.29, 1.82) is 0 Å². The fourth-order valence-electron chi connectivity index (χ4n) is 1.97. The van der Waals surface area contributed by atoms with Crippen LogP contribution in [0.2, 0.25) is 0 Å². The Kier molecular flexibility index (Phi) is 6.90. The highest BCUT2D eigenvalue weighted by Gasteiger charge is 2.06. The topological polar surface area (TPSA) is 29.5 Å². The molecule has 1 unspecified atom stereocenters. The van der Waals surface area contributed by atoms with Crippen molar-refractivity contribution in [3.05, 3.63) is 35.4 Å². The van der Waals surface area contributed by atoms with Gasteiger partial charge in [-0.15, -0.1) is 0 Å². The first-order chi connectivity index (χ1) is 8.27. The molecule has 96 valence electrons. The van der Waals surface area contributed by atoms with Crippen LogP contribution in [-0.2, 0) is 11.2 Å². The standard InChI is InChI=1S/C15H24O2/c1-3-7-15(16)14-10-6-9-13(12-14)8-4-5-11-17-2/h6,9-10,12,15-16H,3-5,7-8,11H2,1-2H3. The normalized spacial score (nSPS) is 12.6. The van der Waals surface area contributed by atoms with E-state index in [1.165, 1.54) is 5.56 Å². The zero-order valence-corrected chi connectivity index (χ0v) is 11.0. The Hall–Kier alpha value is -0.860. The molecule has 17 heavy (non-hydrogen) atoms. The van der Waals surface area contributed by atoms with E-state index in [0.29, 0.717) is 0 Å². The summed E-state index contributed by atoms with van der Waals surface area (Å²) in [6.07, 6.45) is 4.85. The number of aliphatic hydroxyl groups excluding tert-OH is 1. The molecule has 1 rings (SSSR count). The molecule has 0 aliphatic carbocycles. The van der Waals surface area contributed by atoms with Gasteiger partial charge in [0, 0.05) is 13.7 Å². The molecule has 2 nitrogen and oxygen atoms in total. The van der Waals surface area contributed by atoms with Crippen LogP contribution in [0.5, 0.6) is 0 Å². The van der Waals surface area contributed by atoms with E-state index in [1.807, 2.05) is 12.1 Å². The Bertz CT molecular complexity index is 310. The number of ether oxygens (including phenoxy) is 1. The van der Waals surface area contributed by atoms with Crippen molar-refractivity contribution in [2.45, 2.75) is 45.1 Å². The van der Waals surface area contributed by atoms with Crippen LogP contribution in [0.3, 0.4) is 0 Å². The fraction of sp³-hybridized carbons (Fsp3) is 0.600. The van der Waals surface area contributed by atoms with Crippen LogP contribution < -0.4 is 0 Å². The molecular weight excluding hydrogens is 212 g/mol. The number of methoxy groups -OCH3 is 1. The molecule has 1 atom stereocenters. The van der Waals surface area contributed by atoms with Crippen LogP contribution in [0.1, 0.15) is 49.8 Å². The summed E-state index contributed by atoms with van der Waals surface area (Å²) in [4.78, 5) is 0. The Morgan fingerprint density at radius 1 is 1.29 bits per heavy atom. The zero-order valence-electron chi connectivity index (χ0n) is 11.0. The fourth-order valence-corrected chi connectivity index (χ4v) is 1.97. The second kappa shape index (κ2) is 8.26. The number of unbranched alkanes of at least 4 members (excludes halogenated alkanes) is 1. The molecule has 1 aromatic rings. The predicted molar refractivity (Wildman–Crippen MR) is 71.1 cm³/mol. The SMILES string of the molecule is CCCC(O)c1cccc(CCCCOC)c1. The van der Waals surface area contributed by atoms with Crippen LogP contribution in [-0.4, -0.2) is 18.8 Å². The van der Waals surface area contributed by atoms with Gasteiger partial charge in [-0.3, -0.25) is 0 Å². The van der Waals surface area contributed by atoms with Gasteiger partial charge in [0.25, 0.3) is 0 Å². The van der Waals surface area contributed by atoms with Crippen molar-refractivity contribution in [3.8, 4) is 0 Å². The van der Waals surface area contributed by atoms with Gasteiger partial charge in [0.15, 0.2) is 0 Å². The van der Waals surface area contributed by atoms with E-state index >= 15 is 0 Å². The van der Waals surface area contributed by atoms with E-state index < -0.39 is 0 Å². The molecule has 2 heteroatoms. The lowest BCUT2D eigenvalue weighted by molar-refractivity contribution is 0.166. The summed E-state index contributed by atoms with van der Waals surface area (Å²) in [5.74, 6) is 0. The third kappa shape index (κ3) is 5.33. The maximum absolute atomic E-state index is 9.93. The molecule has 0 spiro atoms. The molecule has 1 N–H and O–H groups in total. The summed E-state index contributed by atoms with van der Waals surface area (Å²) in [7, 11) is 1.74. The Balaban J connectivity index is 2.47. The van der Waals surface area contributed by atoms with Crippen LogP contribution in [0, 0.1) is 0 Å². The third-order valence-corrected chi connectivity index (χ3v) is 2.96. The first-order valence-electron chi connectivity index (χ1n) is 6.53. The minimum atomic E-state index is -0.307. The van der Waals surface area contributed by atoms with Crippen molar-refractivity contribution in [2.24, 2.45) is 0 Å². The van der Waals surface area contributed by atoms with Gasteiger partial charge in [0.1, 0.15) is 0 Å². The molecule has 0 aromatic heterocycles. The number of rotatable bonds is 8. The first-order valence-corrected chi connectivity index (χ1v) is 6.53. The van der Waals surface area contributed by atoms with E-state index in [2.05, 4.69) is 19.1 Å². The van der Waals surface area contributed by atoms with Crippen LogP contribution in [0.15, 0.2) is 24.3 Å². The van der Waals surface area contributed by atoms with E-state index in [1.54, 1.807) is 7.11 Å². The van der Waals surface area contributed by atoms with Gasteiger partial charge in [0.05, 0.1) is 6.10 Å². The summed E-state index contributed by atoms with van der Waals surface area (Å²) in [5, 5.41) is 9.93. The summed E-state index contributed by atoms with van der Waals surface area (Å²) >= 11 is 0. The van der Waals surface area contributed by atoms with Crippen LogP contribution >= 0.6 is 0 Å². The molecule has 1 aromatic carbocycles. The largest absolute Gasteiger partial charge is 0.388 e. The van der Waals surface area contributed by atoms with E-state index in [0.717, 1.165) is 44.3 Å². The highest BCUT2D eigenvalue weighted by Crippen LogP contribution is 2.19. The molecule has 0 fully saturated rings. The maximum Gasteiger partial charge on any atom is 0.0790 e. The molecule has 0 heterocycles. The molecule has 0 bridgehead atoms. The number of aryl methyl sites for hydroxylation is 1. The Labute approximate surface area is 105 Å². The lowest BCUT2D eigenvalue weighted by Gasteiger charge is -2.11. The second-order valence-corrected chi connectivity index (χ2v) is 4.50. The second-order valence-electron chi connectivity index (χ2n) is 4.50. The third-order valence-electron chi connectivity index (χ3n) is 2.96. The molecule has 0 amide bonds. The van der Waals surface area contributed by atoms with Gasteiger partial charge in [0.2, 0.25) is 0 Å². The number of hydrogen-bond acceptors (Lipinski definition) is 2. The molecule has 0 saturated heterocycles. The Morgan fingerprint density at radius 3 is 2.82 bits per heavy atom. The average Bonchev–Trinajstić information content (AvgIpc) is 2.35. The maximum atomic E-state index is 9.93. The van der Waals surface area contributed by atoms with Crippen molar-refractivity contribution in [2.75, 3.05) is 13.7 Å². The number of aliphatic hydroxyl groups is 1. The summed E-state index contributed by atoms with van der Waals surface area (Å²) in [5.41, 5.74) is 2.37. The van der Waals surface area contributed by atoms with Crippen molar-refractivity contribution in [1.82, 2.24) is 0 Å². The predicted octanol–water partition coefficient (Wildman–Crippen LogP) is 3.49. The molecular formula is C15H24O2.